The Bertz CT molecular complexity index is 1470. The van der Waals surface area contributed by atoms with E-state index in [2.05, 4.69) is 182 Å². The van der Waals surface area contributed by atoms with Gasteiger partial charge in [0.1, 0.15) is 11.6 Å². The van der Waals surface area contributed by atoms with Crippen LogP contribution in [0.2, 0.25) is 0 Å². The molecule has 0 spiro atoms. The summed E-state index contributed by atoms with van der Waals surface area (Å²) < 4.78 is 39.0. The second-order valence-corrected chi connectivity index (χ2v) is 15.4. The van der Waals surface area contributed by atoms with Crippen LogP contribution in [-0.4, -0.2) is 18.8 Å². The van der Waals surface area contributed by atoms with E-state index < -0.39 is 23.1 Å². The Labute approximate surface area is 321 Å². The van der Waals surface area contributed by atoms with Gasteiger partial charge < -0.3 is 26.9 Å². The quantitative estimate of drug-likeness (QED) is 0.0949. The fourth-order valence-corrected chi connectivity index (χ4v) is 8.97. The minimum absolute atomic E-state index is 0. The molecule has 0 fully saturated rings. The van der Waals surface area contributed by atoms with Crippen molar-refractivity contribution in [3.8, 4) is 0 Å². The summed E-state index contributed by atoms with van der Waals surface area (Å²) in [6.45, 7) is 6.11. The predicted octanol–water partition coefficient (Wildman–Crippen LogP) is 9.38. The van der Waals surface area contributed by atoms with E-state index in [4.69, 9.17) is 0 Å². The summed E-state index contributed by atoms with van der Waals surface area (Å²) in [6.07, 6.45) is 0. The van der Waals surface area contributed by atoms with E-state index in [1.54, 1.807) is 0 Å². The molecule has 0 aliphatic rings. The van der Waals surface area contributed by atoms with Gasteiger partial charge in [0.25, 0.3) is 0 Å². The molecule has 1 radical (unpaired) electrons. The second kappa shape index (κ2) is 25.8. The van der Waals surface area contributed by atoms with E-state index in [0.29, 0.717) is 0 Å². The van der Waals surface area contributed by atoms with Crippen LogP contribution < -0.4 is 31.8 Å². The third-order valence-corrected chi connectivity index (χ3v) is 11.0. The van der Waals surface area contributed by atoms with Gasteiger partial charge in [-0.05, 0) is 75.4 Å². The maximum Gasteiger partial charge on any atom is 0.673 e. The van der Waals surface area contributed by atoms with Crippen molar-refractivity contribution in [1.82, 2.24) is 0 Å². The molecule has 0 aliphatic heterocycles. The van der Waals surface area contributed by atoms with Crippen LogP contribution in [0.15, 0.2) is 182 Å². The van der Waals surface area contributed by atoms with Crippen LogP contribution in [0.25, 0.3) is 0 Å². The molecule has 0 unspecified atom stereocenters. The van der Waals surface area contributed by atoms with Gasteiger partial charge in [-0.25, -0.2) is 0 Å². The number of halogens is 4. The summed E-state index contributed by atoms with van der Waals surface area (Å²) in [6, 6.07) is 64.7. The second-order valence-electron chi connectivity index (χ2n) is 11.0. The Morgan fingerprint density at radius 1 is 0.346 bits per heavy atom. The first kappa shape index (κ1) is 46.0. The van der Waals surface area contributed by atoms with Gasteiger partial charge in [-0.2, -0.15) is 0 Å². The predicted molar refractivity (Wildman–Crippen MR) is 213 cm³/mol. The molecule has 2 nitrogen and oxygen atoms in total. The first-order chi connectivity index (χ1) is 24.4. The van der Waals surface area contributed by atoms with E-state index in [1.807, 2.05) is 0 Å². The summed E-state index contributed by atoms with van der Waals surface area (Å²) in [7, 11) is -6.89. The molecule has 0 aromatic heterocycles. The normalized spacial score (nSPS) is 9.88. The zero-order valence-corrected chi connectivity index (χ0v) is 33.6. The summed E-state index contributed by atoms with van der Waals surface area (Å²) >= 11 is 0. The molecule has 0 bridgehead atoms. The van der Waals surface area contributed by atoms with Crippen molar-refractivity contribution in [3.05, 3.63) is 182 Å². The van der Waals surface area contributed by atoms with Crippen LogP contribution >= 0.6 is 15.8 Å². The molecular formula is C42H42BF4IrO2P2-. The smallest absolute Gasteiger partial charge is 0.418 e. The van der Waals surface area contributed by atoms with Crippen LogP contribution in [0.5, 0.6) is 0 Å². The molecule has 6 rings (SSSR count). The fourth-order valence-electron chi connectivity index (χ4n) is 4.36. The minimum atomic E-state index is -6.00. The van der Waals surface area contributed by atoms with Crippen LogP contribution in [0, 0.1) is 0 Å². The van der Waals surface area contributed by atoms with Crippen LogP contribution in [-0.2, 0) is 29.7 Å². The van der Waals surface area contributed by atoms with Gasteiger partial charge in [-0.3, -0.25) is 0 Å². The van der Waals surface area contributed by atoms with Crippen LogP contribution in [0.1, 0.15) is 27.7 Å². The molecule has 0 heterocycles. The maximum atomic E-state index is 9.75. The Balaban J connectivity index is 0.000000386. The third kappa shape index (κ3) is 20.1. The van der Waals surface area contributed by atoms with E-state index >= 15 is 0 Å². The van der Waals surface area contributed by atoms with Gasteiger partial charge in [0, 0.05) is 20.1 Å². The molecule has 6 aromatic carbocycles. The number of rotatable bonds is 6. The molecular weight excluding hydrogens is 877 g/mol. The number of benzene rings is 6. The van der Waals surface area contributed by atoms with Gasteiger partial charge in [0.2, 0.25) is 0 Å². The van der Waals surface area contributed by atoms with Gasteiger partial charge in [0.15, 0.2) is 0 Å². The SMILES string of the molecule is CC(C)=O.CC(C)=O.F[B-](F)(F)F.[Ir].c1ccc(P(c2ccccc2)c2ccccc2)cc1.c1ccc(P(c2ccccc2)c2ccccc2)cc1. The van der Waals surface area contributed by atoms with Crippen molar-refractivity contribution in [2.24, 2.45) is 0 Å². The first-order valence-electron chi connectivity index (χ1n) is 16.1. The number of hydrogen-bond acceptors (Lipinski definition) is 2. The standard InChI is InChI=1S/2C18H15P.2C3H6O.BF4.Ir/c2*1-4-10-16(11-5-1)19(17-12-6-2-7-13-17)18-14-8-3-9-15-18;2*1-3(2)4;2-1(3,4)5;/h2*1-15H;2*1-2H3;;/q;;;;-1;. The number of carbonyl (C=O) groups is 2. The number of carbonyl (C=O) groups excluding carboxylic acids is 2. The van der Waals surface area contributed by atoms with Crippen LogP contribution in [0.4, 0.5) is 17.3 Å². The van der Waals surface area contributed by atoms with Gasteiger partial charge >= 0.3 is 7.25 Å². The maximum absolute atomic E-state index is 9.75. The van der Waals surface area contributed by atoms with E-state index in [1.165, 1.54) is 59.5 Å². The molecule has 0 amide bonds. The molecule has 273 valence electrons. The zero-order chi connectivity index (χ0) is 37.5. The van der Waals surface area contributed by atoms with Crippen molar-refractivity contribution in [2.45, 2.75) is 27.7 Å². The van der Waals surface area contributed by atoms with Crippen molar-refractivity contribution in [3.63, 3.8) is 0 Å². The molecule has 0 N–H and O–H groups in total. The Kier molecular flexibility index (Phi) is 22.8. The molecule has 0 aliphatic carbocycles. The number of ketones is 2. The Hall–Kier alpha value is -4.05. The van der Waals surface area contributed by atoms with Crippen molar-refractivity contribution in [1.29, 1.82) is 0 Å². The number of Topliss-reactive ketones (excluding diaryl/α,β-unsaturated/α-hetero) is 2. The monoisotopic (exact) mass is 920 g/mol. The largest absolute Gasteiger partial charge is 0.673 e. The van der Waals surface area contributed by atoms with Gasteiger partial charge in [-0.1, -0.05) is 182 Å². The summed E-state index contributed by atoms with van der Waals surface area (Å²) in [5.74, 6) is 0.333. The summed E-state index contributed by atoms with van der Waals surface area (Å²) in [4.78, 5) is 18.9. The summed E-state index contributed by atoms with van der Waals surface area (Å²) in [5, 5.41) is 8.39. The van der Waals surface area contributed by atoms with E-state index in [9.17, 15) is 26.9 Å². The average Bonchev–Trinajstić information content (AvgIpc) is 3.11. The van der Waals surface area contributed by atoms with Gasteiger partial charge in [0.05, 0.1) is 0 Å². The topological polar surface area (TPSA) is 34.1 Å². The molecule has 52 heavy (non-hydrogen) atoms. The molecule has 6 aromatic rings. The minimum Gasteiger partial charge on any atom is -0.418 e. The summed E-state index contributed by atoms with van der Waals surface area (Å²) in [5.41, 5.74) is 0. The average molecular weight is 920 g/mol. The molecule has 0 saturated carbocycles. The van der Waals surface area contributed by atoms with Gasteiger partial charge in [-0.15, -0.1) is 0 Å². The van der Waals surface area contributed by atoms with Crippen molar-refractivity contribution in [2.75, 3.05) is 0 Å². The molecule has 10 heteroatoms. The Morgan fingerprint density at radius 2 is 0.442 bits per heavy atom. The number of hydrogen-bond donors (Lipinski definition) is 0. The third-order valence-electron chi connectivity index (χ3n) is 6.09. The fraction of sp³-hybridized carbons (Fsp3) is 0.0952. The van der Waals surface area contributed by atoms with Crippen molar-refractivity contribution < 1.29 is 47.0 Å². The van der Waals surface area contributed by atoms with Crippen LogP contribution in [0.3, 0.4) is 0 Å². The molecule has 0 atom stereocenters. The molecule has 0 saturated heterocycles. The first-order valence-corrected chi connectivity index (χ1v) is 18.8. The van der Waals surface area contributed by atoms with E-state index in [0.717, 1.165) is 0 Å². The Morgan fingerprint density at radius 3 is 0.538 bits per heavy atom. The van der Waals surface area contributed by atoms with Crippen molar-refractivity contribution >= 4 is 66.5 Å². The zero-order valence-electron chi connectivity index (χ0n) is 29.5. The van der Waals surface area contributed by atoms with E-state index in [-0.39, 0.29) is 31.7 Å².